The number of benzene rings is 3. The summed E-state index contributed by atoms with van der Waals surface area (Å²) in [6.45, 7) is 1.00. The molecule has 0 aliphatic heterocycles. The quantitative estimate of drug-likeness (QED) is 0.324. The predicted molar refractivity (Wildman–Crippen MR) is 160 cm³/mol. The molecule has 0 spiro atoms. The minimum Gasteiger partial charge on any atom is -0.352 e. The molecule has 216 valence electrons. The van der Waals surface area contributed by atoms with Crippen LogP contribution >= 0.6 is 0 Å². The van der Waals surface area contributed by atoms with Crippen molar-refractivity contribution in [1.29, 1.82) is 0 Å². The number of nitrogens with one attached hydrogen (secondary N) is 1. The van der Waals surface area contributed by atoms with E-state index in [2.05, 4.69) is 5.32 Å². The fourth-order valence-corrected chi connectivity index (χ4v) is 6.04. The Morgan fingerprint density at radius 1 is 0.878 bits per heavy atom. The molecule has 0 saturated heterocycles. The van der Waals surface area contributed by atoms with Crippen molar-refractivity contribution in [3.63, 3.8) is 0 Å². The number of rotatable bonds is 12. The number of carbonyl (C=O) groups excluding carboxylic acids is 3. The fourth-order valence-electron chi connectivity index (χ4n) is 5.20. The van der Waals surface area contributed by atoms with Crippen LogP contribution in [-0.2, 0) is 32.6 Å². The lowest BCUT2D eigenvalue weighted by molar-refractivity contribution is -0.140. The van der Waals surface area contributed by atoms with Gasteiger partial charge in [-0.25, -0.2) is 8.42 Å². The zero-order valence-corrected chi connectivity index (χ0v) is 24.3. The van der Waals surface area contributed by atoms with Crippen molar-refractivity contribution in [1.82, 2.24) is 10.2 Å². The standard InChI is InChI=1S/C32H37N3O5S/c1-24(36)27-16-11-19-29(21-27)35(41(2,39)40)23-31(37)34(22-26-14-7-4-8-15-26)30(20-25-12-5-3-6-13-25)32(38)33-28-17-9-10-18-28/h3-8,11-16,19,21,28,30H,9-10,17-18,20,22-23H2,1-2H3,(H,33,38)/t30-/m0/s1. The van der Waals surface area contributed by atoms with E-state index in [9.17, 15) is 22.8 Å². The van der Waals surface area contributed by atoms with Crippen LogP contribution in [0.25, 0.3) is 0 Å². The first kappa shape index (κ1) is 30.0. The van der Waals surface area contributed by atoms with Gasteiger partial charge in [0.15, 0.2) is 5.78 Å². The van der Waals surface area contributed by atoms with Crippen LogP contribution in [0.15, 0.2) is 84.9 Å². The minimum atomic E-state index is -3.91. The molecule has 1 atom stereocenters. The molecule has 3 aromatic carbocycles. The summed E-state index contributed by atoms with van der Waals surface area (Å²) in [5.74, 6) is -0.992. The highest BCUT2D eigenvalue weighted by Crippen LogP contribution is 2.23. The maximum atomic E-state index is 14.1. The Hall–Kier alpha value is -3.98. The highest BCUT2D eigenvalue weighted by molar-refractivity contribution is 7.92. The lowest BCUT2D eigenvalue weighted by Gasteiger charge is -2.34. The molecular weight excluding hydrogens is 538 g/mol. The normalized spacial score (nSPS) is 14.3. The molecule has 0 aromatic heterocycles. The summed E-state index contributed by atoms with van der Waals surface area (Å²) in [5, 5.41) is 3.15. The van der Waals surface area contributed by atoms with E-state index in [0.717, 1.165) is 47.4 Å². The predicted octanol–water partition coefficient (Wildman–Crippen LogP) is 4.35. The highest BCUT2D eigenvalue weighted by Gasteiger charge is 2.34. The summed E-state index contributed by atoms with van der Waals surface area (Å²) < 4.78 is 26.9. The van der Waals surface area contributed by atoms with Gasteiger partial charge in [-0.2, -0.15) is 0 Å². The number of hydrogen-bond donors (Lipinski definition) is 1. The lowest BCUT2D eigenvalue weighted by atomic mass is 10.0. The first-order valence-electron chi connectivity index (χ1n) is 13.9. The van der Waals surface area contributed by atoms with Gasteiger partial charge in [-0.05, 0) is 43.0 Å². The van der Waals surface area contributed by atoms with Crippen LogP contribution in [0.1, 0.15) is 54.1 Å². The average molecular weight is 576 g/mol. The van der Waals surface area contributed by atoms with Crippen molar-refractivity contribution < 1.29 is 22.8 Å². The Balaban J connectivity index is 1.72. The Morgan fingerprint density at radius 3 is 2.07 bits per heavy atom. The van der Waals surface area contributed by atoms with Gasteiger partial charge in [0.25, 0.3) is 0 Å². The number of hydrogen-bond acceptors (Lipinski definition) is 5. The molecule has 2 amide bonds. The molecule has 1 aliphatic rings. The summed E-state index contributed by atoms with van der Waals surface area (Å²) in [7, 11) is -3.91. The summed E-state index contributed by atoms with van der Waals surface area (Å²) in [6, 6.07) is 24.2. The number of ketones is 1. The second-order valence-corrected chi connectivity index (χ2v) is 12.5. The number of carbonyl (C=O) groups is 3. The fraction of sp³-hybridized carbons (Fsp3) is 0.344. The first-order valence-corrected chi connectivity index (χ1v) is 15.7. The van der Waals surface area contributed by atoms with E-state index in [1.807, 2.05) is 60.7 Å². The molecule has 1 fully saturated rings. The first-order chi connectivity index (χ1) is 19.6. The Morgan fingerprint density at radius 2 is 1.49 bits per heavy atom. The summed E-state index contributed by atoms with van der Waals surface area (Å²) in [6.07, 6.45) is 5.18. The monoisotopic (exact) mass is 575 g/mol. The van der Waals surface area contributed by atoms with Gasteiger partial charge in [0.2, 0.25) is 21.8 Å². The Bertz CT molecular complexity index is 1450. The van der Waals surface area contributed by atoms with Gasteiger partial charge in [0.05, 0.1) is 11.9 Å². The summed E-state index contributed by atoms with van der Waals surface area (Å²) >= 11 is 0. The molecular formula is C32H37N3O5S. The van der Waals surface area contributed by atoms with E-state index in [4.69, 9.17) is 0 Å². The molecule has 3 aromatic rings. The second kappa shape index (κ2) is 13.6. The molecule has 0 bridgehead atoms. The van der Waals surface area contributed by atoms with Gasteiger partial charge in [-0.3, -0.25) is 18.7 Å². The summed E-state index contributed by atoms with van der Waals surface area (Å²) in [5.41, 5.74) is 2.25. The van der Waals surface area contributed by atoms with E-state index >= 15 is 0 Å². The molecule has 0 radical (unpaired) electrons. The lowest BCUT2D eigenvalue weighted by Crippen LogP contribution is -2.54. The van der Waals surface area contributed by atoms with E-state index in [0.29, 0.717) is 5.56 Å². The van der Waals surface area contributed by atoms with Crippen LogP contribution in [0.5, 0.6) is 0 Å². The third-order valence-electron chi connectivity index (χ3n) is 7.39. The van der Waals surface area contributed by atoms with Crippen molar-refractivity contribution in [3.8, 4) is 0 Å². The van der Waals surface area contributed by atoms with Crippen molar-refractivity contribution >= 4 is 33.3 Å². The van der Waals surface area contributed by atoms with Gasteiger partial charge >= 0.3 is 0 Å². The number of nitrogens with zero attached hydrogens (tertiary/aromatic N) is 2. The average Bonchev–Trinajstić information content (AvgIpc) is 3.47. The number of Topliss-reactive ketones (excluding diaryl/α,β-unsaturated/α-hetero) is 1. The van der Waals surface area contributed by atoms with Gasteiger partial charge in [0.1, 0.15) is 12.6 Å². The van der Waals surface area contributed by atoms with Crippen LogP contribution in [0.4, 0.5) is 5.69 Å². The van der Waals surface area contributed by atoms with E-state index in [1.165, 1.54) is 17.9 Å². The largest absolute Gasteiger partial charge is 0.352 e. The smallest absolute Gasteiger partial charge is 0.244 e. The molecule has 0 unspecified atom stereocenters. The van der Waals surface area contributed by atoms with Gasteiger partial charge in [-0.1, -0.05) is 85.6 Å². The molecule has 4 rings (SSSR count). The Kier molecular flexibility index (Phi) is 9.94. The number of amides is 2. The van der Waals surface area contributed by atoms with Crippen LogP contribution in [0.2, 0.25) is 0 Å². The van der Waals surface area contributed by atoms with Crippen LogP contribution in [0, 0.1) is 0 Å². The van der Waals surface area contributed by atoms with E-state index < -0.39 is 28.5 Å². The minimum absolute atomic E-state index is 0.0521. The third kappa shape index (κ3) is 8.27. The van der Waals surface area contributed by atoms with E-state index in [1.54, 1.807) is 18.2 Å². The zero-order valence-electron chi connectivity index (χ0n) is 23.5. The molecule has 1 N–H and O–H groups in total. The van der Waals surface area contributed by atoms with Crippen molar-refractivity contribution in [2.24, 2.45) is 0 Å². The number of anilines is 1. The van der Waals surface area contributed by atoms with Crippen molar-refractivity contribution in [2.45, 2.75) is 57.7 Å². The third-order valence-corrected chi connectivity index (χ3v) is 8.53. The maximum absolute atomic E-state index is 14.1. The van der Waals surface area contributed by atoms with Gasteiger partial charge < -0.3 is 10.2 Å². The van der Waals surface area contributed by atoms with Gasteiger partial charge in [-0.15, -0.1) is 0 Å². The zero-order chi connectivity index (χ0) is 29.4. The topological polar surface area (TPSA) is 104 Å². The maximum Gasteiger partial charge on any atom is 0.244 e. The molecule has 9 heteroatoms. The van der Waals surface area contributed by atoms with Crippen LogP contribution in [0.3, 0.4) is 0 Å². The molecule has 41 heavy (non-hydrogen) atoms. The molecule has 1 saturated carbocycles. The Labute approximate surface area is 242 Å². The SMILES string of the molecule is CC(=O)c1cccc(N(CC(=O)N(Cc2ccccc2)[C@@H](Cc2ccccc2)C(=O)NC2CCCC2)S(C)(=O)=O)c1. The van der Waals surface area contributed by atoms with E-state index in [-0.39, 0.29) is 36.4 Å². The van der Waals surface area contributed by atoms with Crippen LogP contribution in [-0.4, -0.2) is 55.8 Å². The molecule has 1 aliphatic carbocycles. The van der Waals surface area contributed by atoms with Crippen molar-refractivity contribution in [3.05, 3.63) is 102 Å². The van der Waals surface area contributed by atoms with Crippen molar-refractivity contribution in [2.75, 3.05) is 17.1 Å². The highest BCUT2D eigenvalue weighted by atomic mass is 32.2. The van der Waals surface area contributed by atoms with Gasteiger partial charge in [0, 0.05) is 24.6 Å². The summed E-state index contributed by atoms with van der Waals surface area (Å²) in [4.78, 5) is 41.5. The second-order valence-electron chi connectivity index (χ2n) is 10.6. The molecule has 0 heterocycles. The number of sulfonamides is 1. The molecule has 8 nitrogen and oxygen atoms in total. The van der Waals surface area contributed by atoms with Crippen LogP contribution < -0.4 is 9.62 Å².